The zero-order valence-corrected chi connectivity index (χ0v) is 15.7. The first-order valence-corrected chi connectivity index (χ1v) is 9.22. The number of hydrogen-bond acceptors (Lipinski definition) is 5. The minimum absolute atomic E-state index is 0.0360. The Morgan fingerprint density at radius 2 is 1.70 bits per heavy atom. The molecule has 3 aromatic rings. The molecular weight excluding hydrogens is 384 g/mol. The molecule has 0 bridgehead atoms. The number of nitro groups is 1. The molecule has 0 spiro atoms. The van der Waals surface area contributed by atoms with Crippen LogP contribution in [-0.2, 0) is 11.4 Å². The summed E-state index contributed by atoms with van der Waals surface area (Å²) in [5.41, 5.74) is 1.62. The van der Waals surface area contributed by atoms with Gasteiger partial charge < -0.3 is 4.84 Å². The number of benzene rings is 3. The van der Waals surface area contributed by atoms with Gasteiger partial charge in [-0.2, -0.15) is 0 Å². The lowest BCUT2D eigenvalue weighted by Crippen LogP contribution is -1.92. The van der Waals surface area contributed by atoms with E-state index in [1.165, 1.54) is 12.1 Å². The zero-order chi connectivity index (χ0) is 19.1. The van der Waals surface area contributed by atoms with Gasteiger partial charge >= 0.3 is 0 Å². The molecule has 0 fully saturated rings. The fourth-order valence-corrected chi connectivity index (χ4v) is 3.17. The molecule has 0 aromatic heterocycles. The Kier molecular flexibility index (Phi) is 6.46. The average Bonchev–Trinajstić information content (AvgIpc) is 2.68. The number of hydrogen-bond donors (Lipinski definition) is 0. The van der Waals surface area contributed by atoms with Crippen molar-refractivity contribution in [1.29, 1.82) is 0 Å². The van der Waals surface area contributed by atoms with E-state index >= 15 is 0 Å². The van der Waals surface area contributed by atoms with Crippen LogP contribution in [0.4, 0.5) is 5.69 Å². The lowest BCUT2D eigenvalue weighted by atomic mass is 10.2. The Hall–Kier alpha value is -2.83. The molecule has 0 heterocycles. The molecule has 0 amide bonds. The highest BCUT2D eigenvalue weighted by Crippen LogP contribution is 2.28. The van der Waals surface area contributed by atoms with Crippen molar-refractivity contribution in [1.82, 2.24) is 0 Å². The molecule has 0 aliphatic heterocycles. The normalized spacial score (nSPS) is 10.9. The second-order valence-electron chi connectivity index (χ2n) is 5.56. The molecule has 0 aliphatic rings. The fourth-order valence-electron chi connectivity index (χ4n) is 2.23. The van der Waals surface area contributed by atoms with Gasteiger partial charge in [-0.25, -0.2) is 0 Å². The lowest BCUT2D eigenvalue weighted by molar-refractivity contribution is -0.384. The smallest absolute Gasteiger partial charge is 0.269 e. The SMILES string of the molecule is O=[N+]([O-])c1cccc(CO/N=C\c2ccc(Sc3ccc(Cl)cc3)cc2)c1. The van der Waals surface area contributed by atoms with Crippen LogP contribution in [0.5, 0.6) is 0 Å². The minimum atomic E-state index is -0.434. The topological polar surface area (TPSA) is 64.7 Å². The number of rotatable bonds is 7. The van der Waals surface area contributed by atoms with E-state index in [0.717, 1.165) is 20.4 Å². The number of non-ortho nitro benzene ring substituents is 1. The third kappa shape index (κ3) is 5.84. The van der Waals surface area contributed by atoms with Crippen molar-refractivity contribution in [3.05, 3.63) is 99.1 Å². The van der Waals surface area contributed by atoms with Gasteiger partial charge in [-0.05, 0) is 47.5 Å². The molecule has 5 nitrogen and oxygen atoms in total. The fraction of sp³-hybridized carbons (Fsp3) is 0.0500. The van der Waals surface area contributed by atoms with Crippen LogP contribution in [0, 0.1) is 10.1 Å². The Balaban J connectivity index is 1.52. The molecular formula is C20H15ClN2O3S. The third-order valence-corrected chi connectivity index (χ3v) is 4.83. The van der Waals surface area contributed by atoms with Crippen LogP contribution in [0.15, 0.2) is 87.7 Å². The minimum Gasteiger partial charge on any atom is -0.391 e. The predicted molar refractivity (Wildman–Crippen MR) is 107 cm³/mol. The molecule has 27 heavy (non-hydrogen) atoms. The second kappa shape index (κ2) is 9.21. The third-order valence-electron chi connectivity index (χ3n) is 3.56. The standard InChI is InChI=1S/C20H15ClN2O3S/c21-17-6-10-20(11-7-17)27-19-8-4-15(5-9-19)13-22-26-14-16-2-1-3-18(12-16)23(24)25/h1-13H,14H2/b22-13-. The summed E-state index contributed by atoms with van der Waals surface area (Å²) in [5, 5.41) is 15.4. The summed E-state index contributed by atoms with van der Waals surface area (Å²) in [6.45, 7) is 0.169. The molecule has 0 atom stereocenters. The summed E-state index contributed by atoms with van der Waals surface area (Å²) < 4.78 is 0. The molecule has 0 saturated carbocycles. The number of nitrogens with zero attached hydrogens (tertiary/aromatic N) is 2. The van der Waals surface area contributed by atoms with Crippen LogP contribution in [0.3, 0.4) is 0 Å². The van der Waals surface area contributed by atoms with E-state index in [1.807, 2.05) is 48.5 Å². The van der Waals surface area contributed by atoms with E-state index in [0.29, 0.717) is 5.56 Å². The molecule has 3 rings (SSSR count). The van der Waals surface area contributed by atoms with Crippen molar-refractivity contribution in [2.75, 3.05) is 0 Å². The molecule has 0 saturated heterocycles. The largest absolute Gasteiger partial charge is 0.391 e. The van der Waals surface area contributed by atoms with E-state index in [9.17, 15) is 10.1 Å². The van der Waals surface area contributed by atoms with Crippen molar-refractivity contribution in [2.24, 2.45) is 5.16 Å². The van der Waals surface area contributed by atoms with E-state index in [2.05, 4.69) is 5.16 Å². The molecule has 0 N–H and O–H groups in total. The maximum atomic E-state index is 10.8. The van der Waals surface area contributed by atoms with Gasteiger partial charge in [-0.1, -0.05) is 52.8 Å². The van der Waals surface area contributed by atoms with Gasteiger partial charge in [-0.3, -0.25) is 10.1 Å². The zero-order valence-electron chi connectivity index (χ0n) is 14.1. The van der Waals surface area contributed by atoms with Crippen molar-refractivity contribution >= 4 is 35.3 Å². The summed E-state index contributed by atoms with van der Waals surface area (Å²) in [6, 6.07) is 21.9. The number of oxime groups is 1. The van der Waals surface area contributed by atoms with Gasteiger partial charge in [0.2, 0.25) is 0 Å². The van der Waals surface area contributed by atoms with Crippen molar-refractivity contribution in [2.45, 2.75) is 16.4 Å². The first-order chi connectivity index (χ1) is 13.1. The molecule has 0 aliphatic carbocycles. The highest BCUT2D eigenvalue weighted by molar-refractivity contribution is 7.99. The van der Waals surface area contributed by atoms with Crippen LogP contribution in [0.2, 0.25) is 5.02 Å². The lowest BCUT2D eigenvalue weighted by Gasteiger charge is -2.02. The maximum absolute atomic E-state index is 10.8. The van der Waals surface area contributed by atoms with E-state index in [1.54, 1.807) is 30.1 Å². The van der Waals surface area contributed by atoms with Gasteiger partial charge in [0, 0.05) is 26.9 Å². The maximum Gasteiger partial charge on any atom is 0.269 e. The quantitative estimate of drug-likeness (QED) is 0.280. The Bertz CT molecular complexity index is 944. The van der Waals surface area contributed by atoms with Crippen LogP contribution in [-0.4, -0.2) is 11.1 Å². The van der Waals surface area contributed by atoms with E-state index in [4.69, 9.17) is 16.4 Å². The van der Waals surface area contributed by atoms with Crippen molar-refractivity contribution < 1.29 is 9.76 Å². The Labute approximate surface area is 165 Å². The van der Waals surface area contributed by atoms with Crippen LogP contribution in [0.25, 0.3) is 0 Å². The van der Waals surface area contributed by atoms with Gasteiger partial charge in [0.1, 0.15) is 6.61 Å². The van der Waals surface area contributed by atoms with Crippen molar-refractivity contribution in [3.63, 3.8) is 0 Å². The number of nitro benzene ring substituents is 1. The Morgan fingerprint density at radius 1 is 1.04 bits per heavy atom. The predicted octanol–water partition coefficient (Wildman–Crippen LogP) is 5.95. The molecule has 7 heteroatoms. The van der Waals surface area contributed by atoms with Crippen LogP contribution in [0.1, 0.15) is 11.1 Å². The first-order valence-electron chi connectivity index (χ1n) is 8.02. The summed E-state index contributed by atoms with van der Waals surface area (Å²) in [7, 11) is 0. The second-order valence-corrected chi connectivity index (χ2v) is 7.14. The van der Waals surface area contributed by atoms with Crippen molar-refractivity contribution in [3.8, 4) is 0 Å². The molecule has 136 valence electrons. The first kappa shape index (κ1) is 18.9. The van der Waals surface area contributed by atoms with Crippen LogP contribution < -0.4 is 0 Å². The highest BCUT2D eigenvalue weighted by Gasteiger charge is 2.05. The summed E-state index contributed by atoms with van der Waals surface area (Å²) in [6.07, 6.45) is 1.61. The molecule has 0 radical (unpaired) electrons. The average molecular weight is 399 g/mol. The highest BCUT2D eigenvalue weighted by atomic mass is 35.5. The summed E-state index contributed by atoms with van der Waals surface area (Å²) in [5.74, 6) is 0. The monoisotopic (exact) mass is 398 g/mol. The Morgan fingerprint density at radius 3 is 2.37 bits per heavy atom. The number of halogens is 1. The van der Waals surface area contributed by atoms with E-state index in [-0.39, 0.29) is 12.3 Å². The van der Waals surface area contributed by atoms with Gasteiger partial charge in [0.05, 0.1) is 11.1 Å². The summed E-state index contributed by atoms with van der Waals surface area (Å²) >= 11 is 7.54. The van der Waals surface area contributed by atoms with Gasteiger partial charge in [-0.15, -0.1) is 0 Å². The van der Waals surface area contributed by atoms with Gasteiger partial charge in [0.25, 0.3) is 5.69 Å². The van der Waals surface area contributed by atoms with E-state index < -0.39 is 4.92 Å². The van der Waals surface area contributed by atoms with Crippen LogP contribution >= 0.6 is 23.4 Å². The molecule has 0 unspecified atom stereocenters. The summed E-state index contributed by atoms with van der Waals surface area (Å²) in [4.78, 5) is 17.8. The van der Waals surface area contributed by atoms with Gasteiger partial charge in [0.15, 0.2) is 0 Å². The molecule has 3 aromatic carbocycles.